The minimum Gasteiger partial charge on any atom is -0.387 e. The van der Waals surface area contributed by atoms with E-state index < -0.39 is 44.9 Å². The molecular formula is C28H53N4O9P. The van der Waals surface area contributed by atoms with Crippen LogP contribution in [0.5, 0.6) is 0 Å². The molecule has 0 bridgehead atoms. The number of hydrogen-bond donors (Lipinski definition) is 4. The van der Waals surface area contributed by atoms with E-state index in [2.05, 4.69) is 17.0 Å². The quantitative estimate of drug-likeness (QED) is 0.0848. The minimum atomic E-state index is -4.43. The summed E-state index contributed by atoms with van der Waals surface area (Å²) in [6, 6.07) is 0. The average Bonchev–Trinajstić information content (AvgIpc) is 3.56. The fourth-order valence-electron chi connectivity index (χ4n) is 4.87. The van der Waals surface area contributed by atoms with Crippen molar-refractivity contribution in [2.24, 2.45) is 5.73 Å². The number of carbonyl (C=O) groups excluding carboxylic acids is 1. The molecule has 2 unspecified atom stereocenters. The number of carbonyl (C=O) groups is 1. The lowest BCUT2D eigenvalue weighted by atomic mass is 10.0. The van der Waals surface area contributed by atoms with E-state index in [0.29, 0.717) is 6.61 Å². The third-order valence-corrected chi connectivity index (χ3v) is 8.34. The molecule has 1 amide bonds. The van der Waals surface area contributed by atoms with Crippen molar-refractivity contribution < 1.29 is 43.0 Å². The van der Waals surface area contributed by atoms with Crippen molar-refractivity contribution in [3.05, 3.63) is 12.2 Å². The van der Waals surface area contributed by atoms with Crippen LogP contribution in [0.4, 0.5) is 0 Å². The van der Waals surface area contributed by atoms with Gasteiger partial charge in [-0.1, -0.05) is 103 Å². The van der Waals surface area contributed by atoms with Crippen molar-refractivity contribution in [2.75, 3.05) is 26.4 Å². The molecule has 0 radical (unpaired) electrons. The predicted octanol–water partition coefficient (Wildman–Crippen LogP) is 4.41. The Morgan fingerprint density at radius 2 is 1.43 bits per heavy atom. The van der Waals surface area contributed by atoms with Crippen LogP contribution in [0.2, 0.25) is 0 Å². The van der Waals surface area contributed by atoms with Gasteiger partial charge in [-0.2, -0.15) is 0 Å². The first-order valence-corrected chi connectivity index (χ1v) is 17.2. The van der Waals surface area contributed by atoms with Gasteiger partial charge in [-0.05, 0) is 6.42 Å². The molecule has 1 fully saturated rings. The van der Waals surface area contributed by atoms with Crippen molar-refractivity contribution in [3.8, 4) is 0 Å². The molecular weight excluding hydrogens is 567 g/mol. The third-order valence-electron chi connectivity index (χ3n) is 7.35. The fraction of sp³-hybridized carbons (Fsp3) is 0.893. The van der Waals surface area contributed by atoms with Crippen LogP contribution < -0.4 is 5.73 Å². The molecule has 1 saturated heterocycles. The second kappa shape index (κ2) is 21.3. The minimum absolute atomic E-state index is 0.138. The van der Waals surface area contributed by atoms with Crippen molar-refractivity contribution in [1.29, 1.82) is 0 Å². The second-order valence-electron chi connectivity index (χ2n) is 11.0. The van der Waals surface area contributed by atoms with Crippen LogP contribution in [0.15, 0.2) is 6.33 Å². The van der Waals surface area contributed by atoms with Crippen LogP contribution in [0.1, 0.15) is 127 Å². The molecule has 1 aromatic rings. The number of nitrogens with two attached hydrogens (primary N) is 1. The molecule has 1 aromatic heterocycles. The number of rotatable bonds is 26. The van der Waals surface area contributed by atoms with Crippen molar-refractivity contribution in [1.82, 2.24) is 14.8 Å². The number of amides is 1. The Morgan fingerprint density at radius 3 is 1.95 bits per heavy atom. The number of nitrogens with zero attached hydrogens (tertiary/aromatic N) is 3. The largest absolute Gasteiger partial charge is 0.472 e. The SMILES string of the molecule is CCCCCCCCCCCCCCCCCCOCCOP(=O)(O)OC[C@H]1O[C@@H](n2cnc(C(N)=O)n2)C(O)[C@H]1O. The smallest absolute Gasteiger partial charge is 0.387 e. The highest BCUT2D eigenvalue weighted by atomic mass is 31.2. The molecule has 1 aliphatic heterocycles. The van der Waals surface area contributed by atoms with Crippen LogP contribution in [0.25, 0.3) is 0 Å². The highest BCUT2D eigenvalue weighted by molar-refractivity contribution is 7.47. The summed E-state index contributed by atoms with van der Waals surface area (Å²) in [4.78, 5) is 24.7. The standard InChI is InChI=1S/C28H53N4O9P/c1-2-3-4-5-6-7-8-9-10-11-12-13-14-15-16-17-18-38-19-20-39-42(36,37)40-21-23-24(33)25(34)28(41-23)32-22-30-27(31-32)26(29)35/h22-25,28,33-34H,2-21H2,1H3,(H2,29,35)(H,36,37)/t23-,24+,25?,28-/m1/s1. The van der Waals surface area contributed by atoms with Crippen molar-refractivity contribution in [3.63, 3.8) is 0 Å². The number of hydrogen-bond acceptors (Lipinski definition) is 10. The highest BCUT2D eigenvalue weighted by Crippen LogP contribution is 2.44. The lowest BCUT2D eigenvalue weighted by Crippen LogP contribution is -2.33. The van der Waals surface area contributed by atoms with Gasteiger partial charge >= 0.3 is 7.82 Å². The Kier molecular flexibility index (Phi) is 18.6. The monoisotopic (exact) mass is 620 g/mol. The second-order valence-corrected chi connectivity index (χ2v) is 12.4. The molecule has 5 atom stereocenters. The number of primary amides is 1. The van der Waals surface area contributed by atoms with Gasteiger partial charge in [-0.3, -0.25) is 13.8 Å². The lowest BCUT2D eigenvalue weighted by Gasteiger charge is -2.17. The van der Waals surface area contributed by atoms with E-state index in [-0.39, 0.29) is 19.0 Å². The van der Waals surface area contributed by atoms with E-state index in [1.807, 2.05) is 0 Å². The first-order chi connectivity index (χ1) is 20.2. The normalized spacial score (nSPS) is 22.0. The molecule has 2 heterocycles. The van der Waals surface area contributed by atoms with E-state index >= 15 is 0 Å². The summed E-state index contributed by atoms with van der Waals surface area (Å²) in [7, 11) is -4.43. The molecule has 0 saturated carbocycles. The molecule has 14 heteroatoms. The highest BCUT2D eigenvalue weighted by Gasteiger charge is 2.45. The van der Waals surface area contributed by atoms with Gasteiger partial charge in [-0.25, -0.2) is 14.2 Å². The van der Waals surface area contributed by atoms with Gasteiger partial charge in [0.1, 0.15) is 24.6 Å². The molecule has 42 heavy (non-hydrogen) atoms. The number of ether oxygens (including phenoxy) is 2. The molecule has 0 spiro atoms. The number of aliphatic hydroxyl groups excluding tert-OH is 2. The Hall–Kier alpha value is -1.44. The topological polar surface area (TPSA) is 188 Å². The van der Waals surface area contributed by atoms with Crippen LogP contribution in [0.3, 0.4) is 0 Å². The van der Waals surface area contributed by atoms with Crippen LogP contribution in [0, 0.1) is 0 Å². The van der Waals surface area contributed by atoms with E-state index in [1.54, 1.807) is 0 Å². The average molecular weight is 621 g/mol. The number of unbranched alkanes of at least 4 members (excludes halogenated alkanes) is 15. The number of phosphoric ester groups is 1. The molecule has 0 aliphatic carbocycles. The van der Waals surface area contributed by atoms with Gasteiger partial charge in [0.25, 0.3) is 5.91 Å². The maximum Gasteiger partial charge on any atom is 0.472 e. The Labute approximate surface area is 250 Å². The van der Waals surface area contributed by atoms with E-state index in [1.165, 1.54) is 89.9 Å². The van der Waals surface area contributed by atoms with E-state index in [4.69, 9.17) is 24.3 Å². The van der Waals surface area contributed by atoms with E-state index in [0.717, 1.165) is 23.9 Å². The summed E-state index contributed by atoms with van der Waals surface area (Å²) in [6.45, 7) is 2.29. The molecule has 13 nitrogen and oxygen atoms in total. The number of aliphatic hydroxyl groups is 2. The first kappa shape index (κ1) is 36.8. The van der Waals surface area contributed by atoms with Gasteiger partial charge in [0.2, 0.25) is 5.82 Å². The molecule has 244 valence electrons. The summed E-state index contributed by atoms with van der Waals surface area (Å²) in [5, 5.41) is 24.2. The fourth-order valence-corrected chi connectivity index (χ4v) is 5.58. The number of phosphoric acid groups is 1. The molecule has 5 N–H and O–H groups in total. The predicted molar refractivity (Wildman–Crippen MR) is 157 cm³/mol. The maximum atomic E-state index is 12.2. The zero-order chi connectivity index (χ0) is 30.6. The van der Waals surface area contributed by atoms with Gasteiger partial charge in [0.05, 0.1) is 19.8 Å². The molecule has 1 aliphatic rings. The van der Waals surface area contributed by atoms with E-state index in [9.17, 15) is 24.5 Å². The summed E-state index contributed by atoms with van der Waals surface area (Å²) in [6.07, 6.45) is 16.7. The zero-order valence-electron chi connectivity index (χ0n) is 25.2. The third kappa shape index (κ3) is 14.8. The summed E-state index contributed by atoms with van der Waals surface area (Å²) < 4.78 is 34.0. The summed E-state index contributed by atoms with van der Waals surface area (Å²) in [5.41, 5.74) is 5.11. The Bertz CT molecular complexity index is 906. The number of aromatic nitrogens is 3. The maximum absolute atomic E-state index is 12.2. The molecule has 2 rings (SSSR count). The van der Waals surface area contributed by atoms with Gasteiger partial charge in [0, 0.05) is 6.61 Å². The van der Waals surface area contributed by atoms with Gasteiger partial charge in [0.15, 0.2) is 6.23 Å². The van der Waals surface area contributed by atoms with Crippen LogP contribution in [-0.4, -0.2) is 80.5 Å². The van der Waals surface area contributed by atoms with Crippen molar-refractivity contribution >= 4 is 13.7 Å². The Balaban J connectivity index is 1.41. The zero-order valence-corrected chi connectivity index (χ0v) is 26.1. The summed E-state index contributed by atoms with van der Waals surface area (Å²) in [5.74, 6) is -1.15. The van der Waals surface area contributed by atoms with Crippen LogP contribution >= 0.6 is 7.82 Å². The lowest BCUT2D eigenvalue weighted by molar-refractivity contribution is -0.0593. The van der Waals surface area contributed by atoms with Crippen molar-refractivity contribution in [2.45, 2.75) is 134 Å². The van der Waals surface area contributed by atoms with Crippen LogP contribution in [-0.2, 0) is 23.1 Å². The summed E-state index contributed by atoms with van der Waals surface area (Å²) >= 11 is 0. The Morgan fingerprint density at radius 1 is 0.881 bits per heavy atom. The molecule has 0 aromatic carbocycles. The van der Waals surface area contributed by atoms with Gasteiger partial charge in [-0.15, -0.1) is 5.10 Å². The van der Waals surface area contributed by atoms with Gasteiger partial charge < -0.3 is 30.3 Å². The first-order valence-electron chi connectivity index (χ1n) is 15.7.